The van der Waals surface area contributed by atoms with E-state index in [4.69, 9.17) is 0 Å². The quantitative estimate of drug-likeness (QED) is 0.748. The predicted molar refractivity (Wildman–Crippen MR) is 87.7 cm³/mol. The topological polar surface area (TPSA) is 63.8 Å². The zero-order valence-electron chi connectivity index (χ0n) is 13.2. The molecule has 5 nitrogen and oxygen atoms in total. The minimum atomic E-state index is 0.294. The molecular formula is C18H18N4O. The van der Waals surface area contributed by atoms with Crippen molar-refractivity contribution in [3.05, 3.63) is 53.5 Å². The molecular weight excluding hydrogens is 288 g/mol. The Kier molecular flexibility index (Phi) is 3.15. The van der Waals surface area contributed by atoms with Gasteiger partial charge in [0.1, 0.15) is 17.3 Å². The van der Waals surface area contributed by atoms with Crippen LogP contribution in [0.5, 0.6) is 5.75 Å². The molecule has 3 aromatic rings. The smallest absolute Gasteiger partial charge is 0.187 e. The largest absolute Gasteiger partial charge is 0.508 e. The third-order valence-electron chi connectivity index (χ3n) is 4.43. The van der Waals surface area contributed by atoms with E-state index in [-0.39, 0.29) is 0 Å². The molecule has 3 heterocycles. The number of pyridine rings is 1. The molecule has 0 saturated heterocycles. The molecule has 1 aromatic carbocycles. The molecule has 0 bridgehead atoms. The average molecular weight is 306 g/mol. The molecule has 1 unspecified atom stereocenters. The summed E-state index contributed by atoms with van der Waals surface area (Å²) in [6.07, 6.45) is 1.84. The Labute approximate surface area is 134 Å². The van der Waals surface area contributed by atoms with Crippen molar-refractivity contribution in [3.8, 4) is 23.0 Å². The highest BCUT2D eigenvalue weighted by atomic mass is 16.3. The highest BCUT2D eigenvalue weighted by Crippen LogP contribution is 2.35. The molecule has 23 heavy (non-hydrogen) atoms. The molecule has 0 saturated carbocycles. The Hall–Kier alpha value is -2.69. The number of hydrogen-bond donors (Lipinski definition) is 1. The van der Waals surface area contributed by atoms with Gasteiger partial charge in [0.25, 0.3) is 0 Å². The summed E-state index contributed by atoms with van der Waals surface area (Å²) in [6.45, 7) is 4.15. The number of hydrogen-bond acceptors (Lipinski definition) is 4. The van der Waals surface area contributed by atoms with Crippen molar-refractivity contribution in [2.24, 2.45) is 0 Å². The highest BCUT2D eigenvalue weighted by molar-refractivity contribution is 5.58. The molecule has 2 aromatic heterocycles. The molecule has 0 spiro atoms. The van der Waals surface area contributed by atoms with E-state index in [1.165, 1.54) is 0 Å². The highest BCUT2D eigenvalue weighted by Gasteiger charge is 2.24. The van der Waals surface area contributed by atoms with E-state index in [9.17, 15) is 5.11 Å². The lowest BCUT2D eigenvalue weighted by atomic mass is 9.95. The maximum atomic E-state index is 9.87. The molecule has 1 N–H and O–H groups in total. The molecule has 4 rings (SSSR count). The number of rotatable bonds is 1. The number of fused-ring (bicyclic) bond motifs is 3. The standard InChI is InChI=1S/C18H18N4O/c1-11-6-9-17-20-21-18(15-5-3-4-12(2)19-15)22(17)16-8-7-13(23)10-14(11)16/h3-5,7-8,10-11,23H,6,9H2,1-2H3. The fraction of sp³-hybridized carbons (Fsp3) is 0.278. The van der Waals surface area contributed by atoms with E-state index in [1.807, 2.05) is 37.3 Å². The zero-order chi connectivity index (χ0) is 16.0. The van der Waals surface area contributed by atoms with Gasteiger partial charge in [0.05, 0.1) is 5.69 Å². The van der Waals surface area contributed by atoms with E-state index in [0.717, 1.165) is 47.1 Å². The first-order valence-corrected chi connectivity index (χ1v) is 7.85. The second-order valence-electron chi connectivity index (χ2n) is 6.12. The average Bonchev–Trinajstić information content (AvgIpc) is 2.91. The van der Waals surface area contributed by atoms with Gasteiger partial charge in [-0.15, -0.1) is 10.2 Å². The molecule has 116 valence electrons. The zero-order valence-corrected chi connectivity index (χ0v) is 13.2. The third kappa shape index (κ3) is 2.29. The van der Waals surface area contributed by atoms with Crippen LogP contribution in [0.3, 0.4) is 0 Å². The Morgan fingerprint density at radius 2 is 2.04 bits per heavy atom. The lowest BCUT2D eigenvalue weighted by molar-refractivity contribution is 0.473. The lowest BCUT2D eigenvalue weighted by Gasteiger charge is -2.15. The monoisotopic (exact) mass is 306 g/mol. The van der Waals surface area contributed by atoms with Crippen molar-refractivity contribution in [2.45, 2.75) is 32.6 Å². The Balaban J connectivity index is 1.98. The second-order valence-corrected chi connectivity index (χ2v) is 6.12. The first-order chi connectivity index (χ1) is 11.1. The maximum Gasteiger partial charge on any atom is 0.187 e. The molecule has 1 atom stereocenters. The molecule has 0 radical (unpaired) electrons. The van der Waals surface area contributed by atoms with Crippen molar-refractivity contribution in [1.29, 1.82) is 0 Å². The van der Waals surface area contributed by atoms with Gasteiger partial charge in [0.2, 0.25) is 0 Å². The van der Waals surface area contributed by atoms with E-state index in [0.29, 0.717) is 11.7 Å². The van der Waals surface area contributed by atoms with Crippen molar-refractivity contribution in [1.82, 2.24) is 19.7 Å². The first-order valence-electron chi connectivity index (χ1n) is 7.85. The van der Waals surface area contributed by atoms with Crippen molar-refractivity contribution < 1.29 is 5.11 Å². The van der Waals surface area contributed by atoms with Crippen molar-refractivity contribution in [2.75, 3.05) is 0 Å². The van der Waals surface area contributed by atoms with E-state index in [1.54, 1.807) is 6.07 Å². The van der Waals surface area contributed by atoms with Crippen molar-refractivity contribution in [3.63, 3.8) is 0 Å². The van der Waals surface area contributed by atoms with Crippen molar-refractivity contribution >= 4 is 0 Å². The summed E-state index contributed by atoms with van der Waals surface area (Å²) in [4.78, 5) is 4.59. The van der Waals surface area contributed by atoms with E-state index >= 15 is 0 Å². The minimum Gasteiger partial charge on any atom is -0.508 e. The maximum absolute atomic E-state index is 9.87. The summed E-state index contributed by atoms with van der Waals surface area (Å²) < 4.78 is 2.08. The van der Waals surface area contributed by atoms with Crippen LogP contribution in [0, 0.1) is 6.92 Å². The first kappa shape index (κ1) is 13.9. The predicted octanol–water partition coefficient (Wildman–Crippen LogP) is 3.39. The molecule has 0 fully saturated rings. The number of aryl methyl sites for hydroxylation is 2. The molecule has 0 aliphatic carbocycles. The second kappa shape index (κ2) is 5.19. The molecule has 0 amide bonds. The van der Waals surface area contributed by atoms with Gasteiger partial charge in [-0.1, -0.05) is 13.0 Å². The van der Waals surface area contributed by atoms with Gasteiger partial charge >= 0.3 is 0 Å². The van der Waals surface area contributed by atoms with Gasteiger partial charge in [-0.25, -0.2) is 4.98 Å². The fourth-order valence-electron chi connectivity index (χ4n) is 3.21. The Bertz CT molecular complexity index is 884. The number of phenolic OH excluding ortho intramolecular Hbond substituents is 1. The van der Waals surface area contributed by atoms with Crippen LogP contribution in [-0.2, 0) is 6.42 Å². The number of benzene rings is 1. The number of nitrogens with zero attached hydrogens (tertiary/aromatic N) is 4. The molecule has 1 aliphatic rings. The van der Waals surface area contributed by atoms with Crippen LogP contribution in [0.25, 0.3) is 17.2 Å². The number of phenols is 1. The van der Waals surface area contributed by atoms with Crippen LogP contribution in [0.15, 0.2) is 36.4 Å². The van der Waals surface area contributed by atoms with Gasteiger partial charge < -0.3 is 5.11 Å². The van der Waals surface area contributed by atoms with E-state index < -0.39 is 0 Å². The van der Waals surface area contributed by atoms with Crippen LogP contribution >= 0.6 is 0 Å². The van der Waals surface area contributed by atoms with Gasteiger partial charge in [-0.2, -0.15) is 0 Å². The lowest BCUT2D eigenvalue weighted by Crippen LogP contribution is -2.04. The van der Waals surface area contributed by atoms with Gasteiger partial charge in [0.15, 0.2) is 5.82 Å². The van der Waals surface area contributed by atoms with Crippen LogP contribution in [-0.4, -0.2) is 24.9 Å². The summed E-state index contributed by atoms with van der Waals surface area (Å²) in [5.74, 6) is 2.35. The van der Waals surface area contributed by atoms with Gasteiger partial charge in [-0.05, 0) is 55.2 Å². The van der Waals surface area contributed by atoms with Crippen LogP contribution in [0.1, 0.15) is 36.3 Å². The SMILES string of the molecule is Cc1cccc(-c2nnc3n2-c2ccc(O)cc2C(C)CC3)n1. The van der Waals surface area contributed by atoms with Gasteiger partial charge in [0, 0.05) is 12.1 Å². The van der Waals surface area contributed by atoms with Gasteiger partial charge in [-0.3, -0.25) is 4.57 Å². The number of aromatic hydroxyl groups is 1. The van der Waals surface area contributed by atoms with Crippen LogP contribution < -0.4 is 0 Å². The fourth-order valence-corrected chi connectivity index (χ4v) is 3.21. The summed E-state index contributed by atoms with van der Waals surface area (Å²) in [6, 6.07) is 11.4. The summed E-state index contributed by atoms with van der Waals surface area (Å²) >= 11 is 0. The summed E-state index contributed by atoms with van der Waals surface area (Å²) in [7, 11) is 0. The van der Waals surface area contributed by atoms with Crippen LogP contribution in [0.4, 0.5) is 0 Å². The molecule has 1 aliphatic heterocycles. The minimum absolute atomic E-state index is 0.294. The third-order valence-corrected chi connectivity index (χ3v) is 4.43. The van der Waals surface area contributed by atoms with E-state index in [2.05, 4.69) is 26.7 Å². The molecule has 5 heteroatoms. The van der Waals surface area contributed by atoms with Crippen LogP contribution in [0.2, 0.25) is 0 Å². The summed E-state index contributed by atoms with van der Waals surface area (Å²) in [5, 5.41) is 18.6. The summed E-state index contributed by atoms with van der Waals surface area (Å²) in [5.41, 5.74) is 3.92. The Morgan fingerprint density at radius 3 is 2.87 bits per heavy atom. The Morgan fingerprint density at radius 1 is 1.17 bits per heavy atom. The normalized spacial score (nSPS) is 16.5. The number of aromatic nitrogens is 4.